The van der Waals surface area contributed by atoms with Gasteiger partial charge in [-0.2, -0.15) is 0 Å². The topological polar surface area (TPSA) is 41.6 Å². The smallest absolute Gasteiger partial charge is 0.222 e. The highest BCUT2D eigenvalue weighted by atomic mass is 16.5. The Labute approximate surface area is 140 Å². The van der Waals surface area contributed by atoms with Crippen molar-refractivity contribution >= 4 is 5.91 Å². The van der Waals surface area contributed by atoms with Crippen LogP contribution in [-0.4, -0.2) is 37.6 Å². The van der Waals surface area contributed by atoms with Gasteiger partial charge in [0, 0.05) is 12.5 Å². The van der Waals surface area contributed by atoms with E-state index in [1.165, 1.54) is 18.4 Å². The largest absolute Gasteiger partial charge is 0.497 e. The number of nitrogens with one attached hydrogen (secondary N) is 1. The summed E-state index contributed by atoms with van der Waals surface area (Å²) in [4.78, 5) is 14.7. The van der Waals surface area contributed by atoms with E-state index in [2.05, 4.69) is 29.3 Å². The molecule has 0 aliphatic carbocycles. The van der Waals surface area contributed by atoms with Crippen LogP contribution >= 0.6 is 0 Å². The van der Waals surface area contributed by atoms with Crippen LogP contribution in [0, 0.1) is 5.92 Å². The predicted molar refractivity (Wildman–Crippen MR) is 93.6 cm³/mol. The first-order valence-electron chi connectivity index (χ1n) is 8.81. The Hall–Kier alpha value is -1.55. The van der Waals surface area contributed by atoms with Crippen LogP contribution < -0.4 is 10.1 Å². The van der Waals surface area contributed by atoms with Crippen molar-refractivity contribution in [3.8, 4) is 5.75 Å². The summed E-state index contributed by atoms with van der Waals surface area (Å²) in [5, 5.41) is 3.16. The molecule has 2 atom stereocenters. The molecule has 0 spiro atoms. The van der Waals surface area contributed by atoms with Gasteiger partial charge in [0.15, 0.2) is 0 Å². The highest BCUT2D eigenvalue weighted by molar-refractivity contribution is 5.78. The molecule has 1 aromatic carbocycles. The van der Waals surface area contributed by atoms with Crippen molar-refractivity contribution in [3.63, 3.8) is 0 Å². The predicted octanol–water partition coefficient (Wildman–Crippen LogP) is 3.38. The van der Waals surface area contributed by atoms with Crippen molar-refractivity contribution in [1.82, 2.24) is 10.2 Å². The SMILES string of the molecule is CCCC(C)C(=O)NCC(c1cccc(OC)c1)N1CCCC1. The van der Waals surface area contributed by atoms with Gasteiger partial charge in [-0.1, -0.05) is 32.4 Å². The van der Waals surface area contributed by atoms with Gasteiger partial charge < -0.3 is 10.1 Å². The number of benzene rings is 1. The fourth-order valence-electron chi connectivity index (χ4n) is 3.30. The summed E-state index contributed by atoms with van der Waals surface area (Å²) in [5.74, 6) is 1.13. The van der Waals surface area contributed by atoms with Crippen LogP contribution in [0.15, 0.2) is 24.3 Å². The van der Waals surface area contributed by atoms with Gasteiger partial charge in [0.2, 0.25) is 5.91 Å². The van der Waals surface area contributed by atoms with Gasteiger partial charge in [0.25, 0.3) is 0 Å². The summed E-state index contributed by atoms with van der Waals surface area (Å²) in [6.07, 6.45) is 4.46. The Kier molecular flexibility index (Phi) is 6.90. The first-order valence-corrected chi connectivity index (χ1v) is 8.81. The van der Waals surface area contributed by atoms with Crippen molar-refractivity contribution < 1.29 is 9.53 Å². The first kappa shape index (κ1) is 17.8. The van der Waals surface area contributed by atoms with Crippen LogP contribution in [0.1, 0.15) is 51.1 Å². The molecule has 1 heterocycles. The Morgan fingerprint density at radius 1 is 1.35 bits per heavy atom. The summed E-state index contributed by atoms with van der Waals surface area (Å²) in [5.41, 5.74) is 1.22. The van der Waals surface area contributed by atoms with Crippen LogP contribution in [0.3, 0.4) is 0 Å². The minimum Gasteiger partial charge on any atom is -0.497 e. The summed E-state index contributed by atoms with van der Waals surface area (Å²) in [7, 11) is 1.69. The van der Waals surface area contributed by atoms with Crippen molar-refractivity contribution in [3.05, 3.63) is 29.8 Å². The lowest BCUT2D eigenvalue weighted by Crippen LogP contribution is -2.38. The minimum atomic E-state index is 0.0875. The molecule has 4 nitrogen and oxygen atoms in total. The third-order valence-electron chi connectivity index (χ3n) is 4.70. The fraction of sp³-hybridized carbons (Fsp3) is 0.632. The average Bonchev–Trinajstić information content (AvgIpc) is 3.09. The Balaban J connectivity index is 2.06. The Morgan fingerprint density at radius 2 is 2.09 bits per heavy atom. The van der Waals surface area contributed by atoms with E-state index in [9.17, 15) is 4.79 Å². The molecule has 23 heavy (non-hydrogen) atoms. The second-order valence-electron chi connectivity index (χ2n) is 6.47. The quantitative estimate of drug-likeness (QED) is 0.799. The number of amides is 1. The number of rotatable bonds is 8. The number of carbonyl (C=O) groups is 1. The van der Waals surface area contributed by atoms with Crippen LogP contribution in [0.4, 0.5) is 0 Å². The Morgan fingerprint density at radius 3 is 2.74 bits per heavy atom. The molecule has 2 rings (SSSR count). The van der Waals surface area contributed by atoms with Crippen molar-refractivity contribution in [2.24, 2.45) is 5.92 Å². The van der Waals surface area contributed by atoms with Crippen molar-refractivity contribution in [2.75, 3.05) is 26.7 Å². The van der Waals surface area contributed by atoms with E-state index in [1.54, 1.807) is 7.11 Å². The van der Waals surface area contributed by atoms with E-state index < -0.39 is 0 Å². The molecule has 0 radical (unpaired) electrons. The molecular weight excluding hydrogens is 288 g/mol. The second-order valence-corrected chi connectivity index (χ2v) is 6.47. The maximum atomic E-state index is 12.3. The van der Waals surface area contributed by atoms with Crippen LogP contribution in [-0.2, 0) is 4.79 Å². The molecule has 1 aliphatic heterocycles. The standard InChI is InChI=1S/C19H30N2O2/c1-4-8-15(2)19(22)20-14-18(21-11-5-6-12-21)16-9-7-10-17(13-16)23-3/h7,9-10,13,15,18H,4-6,8,11-12,14H2,1-3H3,(H,20,22). The lowest BCUT2D eigenvalue weighted by molar-refractivity contribution is -0.124. The number of methoxy groups -OCH3 is 1. The lowest BCUT2D eigenvalue weighted by atomic mass is 10.0. The number of hydrogen-bond donors (Lipinski definition) is 1. The summed E-state index contributed by atoms with van der Waals surface area (Å²) in [6, 6.07) is 8.44. The van der Waals surface area contributed by atoms with Gasteiger partial charge >= 0.3 is 0 Å². The summed E-state index contributed by atoms with van der Waals surface area (Å²) >= 11 is 0. The molecule has 1 saturated heterocycles. The molecule has 1 aromatic rings. The molecule has 0 bridgehead atoms. The van der Waals surface area contributed by atoms with E-state index >= 15 is 0 Å². The molecular formula is C19H30N2O2. The van der Waals surface area contributed by atoms with Gasteiger partial charge in [0.05, 0.1) is 13.2 Å². The number of ether oxygens (including phenoxy) is 1. The molecule has 0 saturated carbocycles. The highest BCUT2D eigenvalue weighted by Gasteiger charge is 2.25. The van der Waals surface area contributed by atoms with Crippen molar-refractivity contribution in [1.29, 1.82) is 0 Å². The molecule has 0 aromatic heterocycles. The zero-order chi connectivity index (χ0) is 16.7. The number of likely N-dealkylation sites (tertiary alicyclic amines) is 1. The number of carbonyl (C=O) groups excluding carboxylic acids is 1. The Bertz CT molecular complexity index is 498. The van der Waals surface area contributed by atoms with E-state index in [4.69, 9.17) is 4.74 Å². The fourth-order valence-corrected chi connectivity index (χ4v) is 3.30. The monoisotopic (exact) mass is 318 g/mol. The van der Waals surface area contributed by atoms with Gasteiger partial charge in [0.1, 0.15) is 5.75 Å². The molecule has 128 valence electrons. The number of nitrogens with zero attached hydrogens (tertiary/aromatic N) is 1. The van der Waals surface area contributed by atoms with Crippen LogP contribution in [0.5, 0.6) is 5.75 Å². The molecule has 2 unspecified atom stereocenters. The lowest BCUT2D eigenvalue weighted by Gasteiger charge is -2.29. The minimum absolute atomic E-state index is 0.0875. The van der Waals surface area contributed by atoms with Gasteiger partial charge in [-0.25, -0.2) is 0 Å². The zero-order valence-corrected chi connectivity index (χ0v) is 14.7. The van der Waals surface area contributed by atoms with Gasteiger partial charge in [-0.3, -0.25) is 9.69 Å². The summed E-state index contributed by atoms with van der Waals surface area (Å²) in [6.45, 7) is 6.99. The molecule has 1 aliphatic rings. The molecule has 1 amide bonds. The van der Waals surface area contributed by atoms with Crippen molar-refractivity contribution in [2.45, 2.75) is 45.6 Å². The molecule has 1 fully saturated rings. The van der Waals surface area contributed by atoms with Gasteiger partial charge in [-0.05, 0) is 50.0 Å². The van der Waals surface area contributed by atoms with Gasteiger partial charge in [-0.15, -0.1) is 0 Å². The summed E-state index contributed by atoms with van der Waals surface area (Å²) < 4.78 is 5.36. The normalized spacial score (nSPS) is 17.7. The third-order valence-corrected chi connectivity index (χ3v) is 4.70. The maximum Gasteiger partial charge on any atom is 0.222 e. The van der Waals surface area contributed by atoms with E-state index in [0.29, 0.717) is 6.54 Å². The van der Waals surface area contributed by atoms with E-state index in [0.717, 1.165) is 31.7 Å². The zero-order valence-electron chi connectivity index (χ0n) is 14.7. The highest BCUT2D eigenvalue weighted by Crippen LogP contribution is 2.27. The maximum absolute atomic E-state index is 12.3. The third kappa shape index (κ3) is 4.96. The first-order chi connectivity index (χ1) is 11.2. The van der Waals surface area contributed by atoms with E-state index in [-0.39, 0.29) is 17.9 Å². The molecule has 4 heteroatoms. The second kappa shape index (κ2) is 8.92. The number of hydrogen-bond acceptors (Lipinski definition) is 3. The van der Waals surface area contributed by atoms with Crippen LogP contribution in [0.2, 0.25) is 0 Å². The average molecular weight is 318 g/mol. The molecule has 1 N–H and O–H groups in total. The van der Waals surface area contributed by atoms with E-state index in [1.807, 2.05) is 19.1 Å². The van der Waals surface area contributed by atoms with Crippen LogP contribution in [0.25, 0.3) is 0 Å².